The monoisotopic (exact) mass is 410 g/mol. The Morgan fingerprint density at radius 3 is 2.24 bits per heavy atom. The van der Waals surface area contributed by atoms with E-state index in [-0.39, 0.29) is 5.82 Å². The summed E-state index contributed by atoms with van der Waals surface area (Å²) in [6.07, 6.45) is 2.13. The summed E-state index contributed by atoms with van der Waals surface area (Å²) in [4.78, 5) is 8.77. The molecule has 0 bridgehead atoms. The van der Waals surface area contributed by atoms with Crippen LogP contribution in [0.15, 0.2) is 36.7 Å². The van der Waals surface area contributed by atoms with Crippen molar-refractivity contribution in [2.24, 2.45) is 0 Å². The van der Waals surface area contributed by atoms with E-state index in [0.29, 0.717) is 17.3 Å². The molecule has 0 amide bonds. The lowest BCUT2D eigenvalue weighted by atomic mass is 10.1. The number of benzene rings is 1. The first-order valence-corrected chi connectivity index (χ1v) is 9.57. The van der Waals surface area contributed by atoms with Gasteiger partial charge in [0, 0.05) is 23.7 Å². The normalized spacial score (nSPS) is 11.2. The average molecular weight is 411 g/mol. The van der Waals surface area contributed by atoms with Gasteiger partial charge in [0.2, 0.25) is 0 Å². The van der Waals surface area contributed by atoms with Gasteiger partial charge >= 0.3 is 0 Å². The molecular weight excluding hydrogens is 391 g/mol. The van der Waals surface area contributed by atoms with E-state index >= 15 is 0 Å². The molecule has 4 aromatic rings. The summed E-state index contributed by atoms with van der Waals surface area (Å²) in [5.41, 5.74) is 6.24. The van der Waals surface area contributed by atoms with Gasteiger partial charge in [-0.2, -0.15) is 10.2 Å². The quantitative estimate of drug-likeness (QED) is 0.498. The van der Waals surface area contributed by atoms with Crippen LogP contribution in [0.4, 0.5) is 4.39 Å². The third-order valence-corrected chi connectivity index (χ3v) is 5.55. The molecule has 0 atom stereocenters. The maximum atomic E-state index is 13.2. The molecule has 0 unspecified atom stereocenters. The topological polar surface area (TPSA) is 61.4 Å². The molecule has 3 aromatic heterocycles. The summed E-state index contributed by atoms with van der Waals surface area (Å²) in [5.74, 6) is 0.400. The fourth-order valence-corrected chi connectivity index (χ4v) is 3.51. The molecule has 29 heavy (non-hydrogen) atoms. The maximum absolute atomic E-state index is 13.2. The third kappa shape index (κ3) is 3.53. The average Bonchev–Trinajstić information content (AvgIpc) is 3.13. The van der Waals surface area contributed by atoms with E-state index in [0.717, 1.165) is 39.7 Å². The summed E-state index contributed by atoms with van der Waals surface area (Å²) < 4.78 is 16.8. The lowest BCUT2D eigenvalue weighted by Gasteiger charge is -2.07. The zero-order valence-corrected chi connectivity index (χ0v) is 17.4. The van der Waals surface area contributed by atoms with E-state index in [9.17, 15) is 4.39 Å². The molecule has 0 N–H and O–H groups in total. The summed E-state index contributed by atoms with van der Waals surface area (Å²) in [5, 5.41) is 9.73. The predicted octanol–water partition coefficient (Wildman–Crippen LogP) is 4.46. The van der Waals surface area contributed by atoms with Crippen molar-refractivity contribution in [3.8, 4) is 11.5 Å². The zero-order valence-electron chi connectivity index (χ0n) is 16.6. The van der Waals surface area contributed by atoms with Crippen molar-refractivity contribution in [2.45, 2.75) is 34.1 Å². The first-order valence-electron chi connectivity index (χ1n) is 9.19. The minimum Gasteiger partial charge on any atom is -0.241 e. The van der Waals surface area contributed by atoms with Crippen molar-refractivity contribution in [1.82, 2.24) is 29.5 Å². The number of aryl methyl sites for hydroxylation is 2. The Kier molecular flexibility index (Phi) is 4.92. The van der Waals surface area contributed by atoms with Crippen LogP contribution in [0.25, 0.3) is 11.5 Å². The second-order valence-electron chi connectivity index (χ2n) is 6.98. The molecule has 4 rings (SSSR count). The first-order chi connectivity index (χ1) is 13.8. The van der Waals surface area contributed by atoms with Crippen LogP contribution < -0.4 is 0 Å². The van der Waals surface area contributed by atoms with E-state index in [4.69, 9.17) is 11.6 Å². The molecule has 0 fully saturated rings. The van der Waals surface area contributed by atoms with Gasteiger partial charge < -0.3 is 0 Å². The number of nitrogens with zero attached hydrogens (tertiary/aromatic N) is 6. The summed E-state index contributed by atoms with van der Waals surface area (Å²) in [7, 11) is 0. The first kappa shape index (κ1) is 19.3. The molecule has 6 nitrogen and oxygen atoms in total. The van der Waals surface area contributed by atoms with Gasteiger partial charge in [-0.05, 0) is 52.0 Å². The zero-order chi connectivity index (χ0) is 20.7. The van der Waals surface area contributed by atoms with Crippen molar-refractivity contribution >= 4 is 11.6 Å². The van der Waals surface area contributed by atoms with E-state index in [2.05, 4.69) is 20.2 Å². The highest BCUT2D eigenvalue weighted by molar-refractivity contribution is 6.31. The van der Waals surface area contributed by atoms with Gasteiger partial charge in [0.1, 0.15) is 12.1 Å². The molecule has 0 saturated carbocycles. The smallest absolute Gasteiger partial charge is 0.157 e. The Balaban J connectivity index is 1.68. The van der Waals surface area contributed by atoms with Crippen molar-refractivity contribution < 1.29 is 4.39 Å². The molecule has 3 heterocycles. The molecule has 0 aliphatic carbocycles. The maximum Gasteiger partial charge on any atom is 0.157 e. The van der Waals surface area contributed by atoms with Gasteiger partial charge in [-0.3, -0.25) is 0 Å². The lowest BCUT2D eigenvalue weighted by molar-refractivity contribution is 0.627. The summed E-state index contributed by atoms with van der Waals surface area (Å²) in [6.45, 7) is 7.74. The molecule has 148 valence electrons. The SMILES string of the molecule is Cc1nn(-c2cc(Cc3c(C)nn(-c4ccc(F)cc4)c3C)ncn2)c(C)c1Cl. The molecule has 0 aliphatic rings. The molecule has 1 aromatic carbocycles. The van der Waals surface area contributed by atoms with Crippen LogP contribution >= 0.6 is 11.6 Å². The van der Waals surface area contributed by atoms with Crippen LogP contribution in [0, 0.1) is 33.5 Å². The minimum absolute atomic E-state index is 0.270. The number of hydrogen-bond donors (Lipinski definition) is 0. The minimum atomic E-state index is -0.270. The van der Waals surface area contributed by atoms with Gasteiger partial charge in [0.15, 0.2) is 5.82 Å². The molecule has 8 heteroatoms. The van der Waals surface area contributed by atoms with Crippen LogP contribution in [0.3, 0.4) is 0 Å². The Hall–Kier alpha value is -3.06. The predicted molar refractivity (Wildman–Crippen MR) is 109 cm³/mol. The highest BCUT2D eigenvalue weighted by atomic mass is 35.5. The number of rotatable bonds is 4. The molecule has 0 radical (unpaired) electrons. The largest absolute Gasteiger partial charge is 0.241 e. The highest BCUT2D eigenvalue weighted by Crippen LogP contribution is 2.23. The number of aromatic nitrogens is 6. The van der Waals surface area contributed by atoms with E-state index in [1.807, 2.05) is 38.4 Å². The Bertz CT molecular complexity index is 1190. The second kappa shape index (κ2) is 7.40. The number of hydrogen-bond acceptors (Lipinski definition) is 4. The van der Waals surface area contributed by atoms with Gasteiger partial charge in [0.05, 0.1) is 33.5 Å². The highest BCUT2D eigenvalue weighted by Gasteiger charge is 2.16. The Morgan fingerprint density at radius 2 is 1.59 bits per heavy atom. The standard InChI is InChI=1S/C21H20ClFN6/c1-12-19(14(3)28(26-12)18-7-5-16(23)6-8-18)9-17-10-20(25-11-24-17)29-15(4)21(22)13(2)27-29/h5-8,10-11H,9H2,1-4H3. The lowest BCUT2D eigenvalue weighted by Crippen LogP contribution is -2.05. The van der Waals surface area contributed by atoms with Gasteiger partial charge in [-0.15, -0.1) is 0 Å². The van der Waals surface area contributed by atoms with Crippen LogP contribution in [-0.4, -0.2) is 29.5 Å². The van der Waals surface area contributed by atoms with Crippen molar-refractivity contribution in [1.29, 1.82) is 0 Å². The molecule has 0 spiro atoms. The molecule has 0 saturated heterocycles. The van der Waals surface area contributed by atoms with Crippen LogP contribution in [0.1, 0.15) is 34.0 Å². The van der Waals surface area contributed by atoms with Gasteiger partial charge in [-0.25, -0.2) is 23.7 Å². The summed E-state index contributed by atoms with van der Waals surface area (Å²) in [6, 6.07) is 8.20. The van der Waals surface area contributed by atoms with E-state index < -0.39 is 0 Å². The Labute approximate surface area is 173 Å². The second-order valence-corrected chi connectivity index (χ2v) is 7.36. The van der Waals surface area contributed by atoms with Crippen molar-refractivity contribution in [3.05, 3.63) is 81.5 Å². The fraction of sp³-hybridized carbons (Fsp3) is 0.238. The fourth-order valence-electron chi connectivity index (χ4n) is 3.39. The van der Waals surface area contributed by atoms with Gasteiger partial charge in [0.25, 0.3) is 0 Å². The van der Waals surface area contributed by atoms with E-state index in [1.54, 1.807) is 16.8 Å². The van der Waals surface area contributed by atoms with E-state index in [1.165, 1.54) is 18.5 Å². The Morgan fingerprint density at radius 1 is 0.897 bits per heavy atom. The van der Waals surface area contributed by atoms with Crippen LogP contribution in [-0.2, 0) is 6.42 Å². The molecule has 0 aliphatic heterocycles. The van der Waals surface area contributed by atoms with Crippen molar-refractivity contribution in [2.75, 3.05) is 0 Å². The molecular formula is C21H20ClFN6. The van der Waals surface area contributed by atoms with Crippen LogP contribution in [0.5, 0.6) is 0 Å². The third-order valence-electron chi connectivity index (χ3n) is 5.00. The van der Waals surface area contributed by atoms with Crippen LogP contribution in [0.2, 0.25) is 5.02 Å². The van der Waals surface area contributed by atoms with Gasteiger partial charge in [-0.1, -0.05) is 11.6 Å². The number of halogens is 2. The summed E-state index contributed by atoms with van der Waals surface area (Å²) >= 11 is 6.27. The van der Waals surface area contributed by atoms with Crippen molar-refractivity contribution in [3.63, 3.8) is 0 Å².